The summed E-state index contributed by atoms with van der Waals surface area (Å²) in [7, 11) is 0. The number of piperidine rings is 1. The van der Waals surface area contributed by atoms with E-state index < -0.39 is 0 Å². The maximum Gasteiger partial charge on any atom is 0.0532 e. The Morgan fingerprint density at radius 1 is 0.957 bits per heavy atom. The summed E-state index contributed by atoms with van der Waals surface area (Å²) in [6.07, 6.45) is 20.8. The van der Waals surface area contributed by atoms with Crippen LogP contribution in [0.2, 0.25) is 0 Å². The second kappa shape index (κ2) is 6.28. The number of rotatable bonds is 3. The Morgan fingerprint density at radius 3 is 2.61 bits per heavy atom. The van der Waals surface area contributed by atoms with E-state index in [1.165, 1.54) is 44.3 Å². The largest absolute Gasteiger partial charge is 0.293 e. The molecule has 0 spiro atoms. The Kier molecular flexibility index (Phi) is 4.15. The van der Waals surface area contributed by atoms with Crippen molar-refractivity contribution < 1.29 is 0 Å². The average Bonchev–Trinajstić information content (AvgIpc) is 3.37. The van der Waals surface area contributed by atoms with E-state index in [2.05, 4.69) is 55.2 Å². The van der Waals surface area contributed by atoms with Gasteiger partial charge in [0.05, 0.1) is 6.04 Å². The first kappa shape index (κ1) is 15.2. The van der Waals surface area contributed by atoms with Crippen LogP contribution in [-0.4, -0.2) is 24.0 Å². The van der Waals surface area contributed by atoms with Crippen molar-refractivity contribution in [2.24, 2.45) is 11.8 Å². The summed E-state index contributed by atoms with van der Waals surface area (Å²) in [5.41, 5.74) is 6.27. The molecule has 2 fully saturated rings. The zero-order valence-electron chi connectivity index (χ0n) is 14.6. The second-order valence-electron chi connectivity index (χ2n) is 7.78. The zero-order valence-corrected chi connectivity index (χ0v) is 14.6. The third kappa shape index (κ3) is 3.04. The van der Waals surface area contributed by atoms with Gasteiger partial charge in [0, 0.05) is 0 Å². The molecule has 0 radical (unpaired) electrons. The summed E-state index contributed by atoms with van der Waals surface area (Å²) < 4.78 is 0. The molecule has 1 nitrogen and oxygen atoms in total. The topological polar surface area (TPSA) is 3.24 Å². The monoisotopic (exact) mass is 307 g/mol. The highest BCUT2D eigenvalue weighted by molar-refractivity contribution is 5.44. The Bertz CT molecular complexity index is 622. The lowest BCUT2D eigenvalue weighted by molar-refractivity contribution is 0.197. The van der Waals surface area contributed by atoms with Crippen LogP contribution in [0.5, 0.6) is 0 Å². The quantitative estimate of drug-likeness (QED) is 0.693. The Morgan fingerprint density at radius 2 is 1.78 bits per heavy atom. The molecule has 0 aromatic carbocycles. The van der Waals surface area contributed by atoms with Crippen molar-refractivity contribution in [1.29, 1.82) is 0 Å². The van der Waals surface area contributed by atoms with Gasteiger partial charge < -0.3 is 0 Å². The predicted octanol–water partition coefficient (Wildman–Crippen LogP) is 5.20. The molecule has 1 aliphatic heterocycles. The van der Waals surface area contributed by atoms with Gasteiger partial charge in [-0.3, -0.25) is 4.90 Å². The molecule has 3 unspecified atom stereocenters. The number of hydrogen-bond acceptors (Lipinski definition) is 1. The molecule has 4 rings (SSSR count). The highest BCUT2D eigenvalue weighted by atomic mass is 15.2. The fourth-order valence-corrected chi connectivity index (χ4v) is 4.62. The number of allylic oxidation sites excluding steroid dienone is 8. The summed E-state index contributed by atoms with van der Waals surface area (Å²) in [6, 6.07) is 0.543. The average molecular weight is 307 g/mol. The third-order valence-corrected chi connectivity index (χ3v) is 6.06. The molecule has 1 heteroatoms. The van der Waals surface area contributed by atoms with E-state index >= 15 is 0 Å². The Labute approximate surface area is 141 Å². The molecule has 1 saturated heterocycles. The molecule has 1 saturated carbocycles. The van der Waals surface area contributed by atoms with Crippen molar-refractivity contribution >= 4 is 0 Å². The van der Waals surface area contributed by atoms with Crippen LogP contribution in [0.4, 0.5) is 0 Å². The second-order valence-corrected chi connectivity index (χ2v) is 7.78. The van der Waals surface area contributed by atoms with E-state index in [1.807, 2.05) is 0 Å². The van der Waals surface area contributed by atoms with Crippen molar-refractivity contribution in [2.45, 2.75) is 52.0 Å². The zero-order chi connectivity index (χ0) is 15.8. The van der Waals surface area contributed by atoms with Crippen molar-refractivity contribution in [2.75, 3.05) is 13.1 Å². The summed E-state index contributed by atoms with van der Waals surface area (Å²) in [4.78, 5) is 2.77. The van der Waals surface area contributed by atoms with E-state index in [-0.39, 0.29) is 0 Å². The summed E-state index contributed by atoms with van der Waals surface area (Å²) in [5, 5.41) is 0. The van der Waals surface area contributed by atoms with Gasteiger partial charge in [-0.15, -0.1) is 0 Å². The van der Waals surface area contributed by atoms with Crippen LogP contribution >= 0.6 is 0 Å². The van der Waals surface area contributed by atoms with Gasteiger partial charge >= 0.3 is 0 Å². The van der Waals surface area contributed by atoms with Crippen LogP contribution in [0.1, 0.15) is 46.0 Å². The predicted molar refractivity (Wildman–Crippen MR) is 98.2 cm³/mol. The van der Waals surface area contributed by atoms with Gasteiger partial charge in [-0.2, -0.15) is 0 Å². The molecule has 23 heavy (non-hydrogen) atoms. The molecule has 0 bridgehead atoms. The van der Waals surface area contributed by atoms with Crippen molar-refractivity contribution in [3.05, 3.63) is 58.7 Å². The molecule has 0 aromatic rings. The highest BCUT2D eigenvalue weighted by Gasteiger charge is 2.46. The van der Waals surface area contributed by atoms with Crippen molar-refractivity contribution in [3.8, 4) is 0 Å². The first-order valence-corrected chi connectivity index (χ1v) is 9.40. The Hall–Kier alpha value is -1.34. The van der Waals surface area contributed by atoms with Crippen molar-refractivity contribution in [1.82, 2.24) is 4.90 Å². The van der Waals surface area contributed by atoms with Crippen LogP contribution in [0.25, 0.3) is 0 Å². The van der Waals surface area contributed by atoms with Gasteiger partial charge in [0.1, 0.15) is 0 Å². The van der Waals surface area contributed by atoms with E-state index in [9.17, 15) is 0 Å². The minimum atomic E-state index is 0.543. The van der Waals surface area contributed by atoms with Crippen LogP contribution in [0.15, 0.2) is 58.7 Å². The van der Waals surface area contributed by atoms with E-state index in [4.69, 9.17) is 0 Å². The lowest BCUT2D eigenvalue weighted by atomic mass is 9.86. The standard InChI is InChI=1S/C22H29N/c1-16-7-6-8-18(11-9-16)22(23-13-4-3-5-14-23)19-12-10-17(2)20-15-21(19)20/h6-7,9-12,20-22H,3-5,8,13-15H2,1-2H3. The lowest BCUT2D eigenvalue weighted by Crippen LogP contribution is -2.42. The first-order valence-electron chi connectivity index (χ1n) is 9.40. The normalized spacial score (nSPS) is 32.1. The molecule has 1 heterocycles. The molecule has 0 aromatic heterocycles. The van der Waals surface area contributed by atoms with Crippen LogP contribution in [-0.2, 0) is 0 Å². The van der Waals surface area contributed by atoms with Gasteiger partial charge in [0.2, 0.25) is 0 Å². The fourth-order valence-electron chi connectivity index (χ4n) is 4.62. The maximum absolute atomic E-state index is 2.77. The van der Waals surface area contributed by atoms with Crippen LogP contribution < -0.4 is 0 Å². The molecular weight excluding hydrogens is 278 g/mol. The minimum absolute atomic E-state index is 0.543. The SMILES string of the molecule is CC1=CC=C(C(C2=CC=C(C)C3CC23)N2CCCCC2)CC=C1. The fraction of sp³-hybridized carbons (Fsp3) is 0.545. The van der Waals surface area contributed by atoms with Gasteiger partial charge in [0.15, 0.2) is 0 Å². The first-order chi connectivity index (χ1) is 11.2. The van der Waals surface area contributed by atoms with Gasteiger partial charge in [-0.1, -0.05) is 54.0 Å². The van der Waals surface area contributed by atoms with E-state index in [1.54, 1.807) is 16.7 Å². The maximum atomic E-state index is 2.77. The minimum Gasteiger partial charge on any atom is -0.293 e. The van der Waals surface area contributed by atoms with Crippen molar-refractivity contribution in [3.63, 3.8) is 0 Å². The lowest BCUT2D eigenvalue weighted by Gasteiger charge is -2.38. The van der Waals surface area contributed by atoms with E-state index in [0.29, 0.717) is 6.04 Å². The summed E-state index contributed by atoms with van der Waals surface area (Å²) in [5.74, 6) is 1.67. The Balaban J connectivity index is 1.68. The number of hydrogen-bond donors (Lipinski definition) is 0. The van der Waals surface area contributed by atoms with Gasteiger partial charge in [-0.25, -0.2) is 0 Å². The molecule has 0 N–H and O–H groups in total. The molecule has 122 valence electrons. The summed E-state index contributed by atoms with van der Waals surface area (Å²) in [6.45, 7) is 7.06. The van der Waals surface area contributed by atoms with Gasteiger partial charge in [0.25, 0.3) is 0 Å². The highest BCUT2D eigenvalue weighted by Crippen LogP contribution is 2.53. The van der Waals surface area contributed by atoms with E-state index in [0.717, 1.165) is 18.3 Å². The molecule has 3 aliphatic carbocycles. The molecular formula is C22H29N. The number of likely N-dealkylation sites (tertiary alicyclic amines) is 1. The molecule has 4 aliphatic rings. The number of fused-ring (bicyclic) bond motifs is 1. The smallest absolute Gasteiger partial charge is 0.0532 e. The summed E-state index contributed by atoms with van der Waals surface area (Å²) >= 11 is 0. The third-order valence-electron chi connectivity index (χ3n) is 6.06. The number of nitrogens with zero attached hydrogens (tertiary/aromatic N) is 1. The van der Waals surface area contributed by atoms with Crippen LogP contribution in [0, 0.1) is 11.8 Å². The van der Waals surface area contributed by atoms with Gasteiger partial charge in [-0.05, 0) is 75.6 Å². The molecule has 3 atom stereocenters. The van der Waals surface area contributed by atoms with Crippen LogP contribution in [0.3, 0.4) is 0 Å². The molecule has 0 amide bonds.